The Bertz CT molecular complexity index is 961. The van der Waals surface area contributed by atoms with Gasteiger partial charge in [-0.05, 0) is 42.5 Å². The van der Waals surface area contributed by atoms with Crippen molar-refractivity contribution in [2.75, 3.05) is 44.6 Å². The van der Waals surface area contributed by atoms with Crippen LogP contribution < -0.4 is 10.6 Å². The van der Waals surface area contributed by atoms with Gasteiger partial charge >= 0.3 is 11.8 Å². The third-order valence-electron chi connectivity index (χ3n) is 4.85. The molecule has 0 unspecified atom stereocenters. The lowest BCUT2D eigenvalue weighted by Crippen LogP contribution is -2.50. The molecule has 0 aliphatic carbocycles. The van der Waals surface area contributed by atoms with Crippen LogP contribution in [0.25, 0.3) is 0 Å². The van der Waals surface area contributed by atoms with E-state index in [2.05, 4.69) is 15.5 Å². The zero-order valence-electron chi connectivity index (χ0n) is 16.5. The maximum atomic E-state index is 12.6. The smallest absolute Gasteiger partial charge is 0.313 e. The Balaban J connectivity index is 1.38. The minimum Gasteiger partial charge on any atom is -0.347 e. The molecule has 3 amide bonds. The highest BCUT2D eigenvalue weighted by molar-refractivity contribution is 6.42. The molecule has 2 aromatic rings. The molecule has 0 atom stereocenters. The summed E-state index contributed by atoms with van der Waals surface area (Å²) in [7, 11) is 0. The van der Waals surface area contributed by atoms with Crippen molar-refractivity contribution in [3.05, 3.63) is 63.1 Å². The Kier molecular flexibility index (Phi) is 8.15. The Hall–Kier alpha value is -2.32. The number of hydrogen-bond donors (Lipinski definition) is 2. The second-order valence-electron chi connectivity index (χ2n) is 6.98. The largest absolute Gasteiger partial charge is 0.347 e. The van der Waals surface area contributed by atoms with Crippen LogP contribution in [-0.2, 0) is 9.59 Å². The molecule has 0 spiro atoms. The lowest BCUT2D eigenvalue weighted by Gasteiger charge is -2.34. The van der Waals surface area contributed by atoms with Gasteiger partial charge < -0.3 is 15.5 Å². The number of halogens is 3. The zero-order valence-corrected chi connectivity index (χ0v) is 18.8. The molecular weight excluding hydrogens is 463 g/mol. The minimum atomic E-state index is -0.737. The van der Waals surface area contributed by atoms with E-state index in [-0.39, 0.29) is 5.91 Å². The van der Waals surface area contributed by atoms with Crippen LogP contribution >= 0.6 is 34.8 Å². The summed E-state index contributed by atoms with van der Waals surface area (Å²) < 4.78 is 0. The van der Waals surface area contributed by atoms with Crippen molar-refractivity contribution in [3.8, 4) is 0 Å². The van der Waals surface area contributed by atoms with Gasteiger partial charge in [-0.15, -0.1) is 0 Å². The van der Waals surface area contributed by atoms with Crippen LogP contribution in [0.3, 0.4) is 0 Å². The van der Waals surface area contributed by atoms with Crippen molar-refractivity contribution in [1.29, 1.82) is 0 Å². The van der Waals surface area contributed by atoms with Crippen LogP contribution in [0.1, 0.15) is 10.4 Å². The summed E-state index contributed by atoms with van der Waals surface area (Å²) >= 11 is 17.7. The molecular formula is C21H21Cl3N4O3. The van der Waals surface area contributed by atoms with Gasteiger partial charge in [0.05, 0.1) is 10.0 Å². The van der Waals surface area contributed by atoms with E-state index in [1.807, 2.05) is 0 Å². The van der Waals surface area contributed by atoms with Crippen molar-refractivity contribution in [2.24, 2.45) is 0 Å². The van der Waals surface area contributed by atoms with Gasteiger partial charge in [0.2, 0.25) is 0 Å². The number of piperazine rings is 1. The van der Waals surface area contributed by atoms with Crippen molar-refractivity contribution >= 4 is 58.2 Å². The number of carbonyl (C=O) groups is 3. The van der Waals surface area contributed by atoms with E-state index in [4.69, 9.17) is 34.8 Å². The molecule has 0 bridgehead atoms. The number of nitrogens with one attached hydrogen (secondary N) is 2. The van der Waals surface area contributed by atoms with Crippen LogP contribution in [0.5, 0.6) is 0 Å². The summed E-state index contributed by atoms with van der Waals surface area (Å²) in [6.45, 7) is 3.36. The molecule has 2 N–H and O–H groups in total. The molecule has 1 aliphatic rings. The highest BCUT2D eigenvalue weighted by Gasteiger charge is 2.23. The molecule has 7 nitrogen and oxygen atoms in total. The third-order valence-corrected chi connectivity index (χ3v) is 5.84. The molecule has 0 radical (unpaired) electrons. The van der Waals surface area contributed by atoms with Gasteiger partial charge in [-0.3, -0.25) is 19.3 Å². The van der Waals surface area contributed by atoms with Gasteiger partial charge in [0, 0.05) is 55.5 Å². The van der Waals surface area contributed by atoms with Gasteiger partial charge in [0.1, 0.15) is 0 Å². The molecule has 2 aromatic carbocycles. The number of rotatable bonds is 5. The van der Waals surface area contributed by atoms with Gasteiger partial charge in [-0.25, -0.2) is 0 Å². The predicted molar refractivity (Wildman–Crippen MR) is 122 cm³/mol. The van der Waals surface area contributed by atoms with E-state index in [9.17, 15) is 14.4 Å². The monoisotopic (exact) mass is 482 g/mol. The van der Waals surface area contributed by atoms with Gasteiger partial charge in [-0.1, -0.05) is 34.8 Å². The van der Waals surface area contributed by atoms with Gasteiger partial charge in [0.15, 0.2) is 0 Å². The van der Waals surface area contributed by atoms with Crippen molar-refractivity contribution in [2.45, 2.75) is 0 Å². The number of benzene rings is 2. The predicted octanol–water partition coefficient (Wildman–Crippen LogP) is 3.16. The Morgan fingerprint density at radius 3 is 2.16 bits per heavy atom. The summed E-state index contributed by atoms with van der Waals surface area (Å²) in [6, 6.07) is 11.3. The lowest BCUT2D eigenvalue weighted by molar-refractivity contribution is -0.136. The summed E-state index contributed by atoms with van der Waals surface area (Å²) in [5.74, 6) is -1.53. The third kappa shape index (κ3) is 6.58. The quantitative estimate of drug-likeness (QED) is 0.640. The standard InChI is InChI=1S/C21H21Cl3N4O3/c22-15-2-4-16(5-3-15)26-20(30)19(29)25-7-8-27-9-11-28(12-10-27)21(31)14-1-6-17(23)18(24)13-14/h1-6,13H,7-12H2,(H,25,29)(H,26,30). The fourth-order valence-corrected chi connectivity index (χ4v) is 3.54. The molecule has 31 heavy (non-hydrogen) atoms. The summed E-state index contributed by atoms with van der Waals surface area (Å²) in [5, 5.41) is 6.42. The van der Waals surface area contributed by atoms with E-state index in [1.54, 1.807) is 47.4 Å². The highest BCUT2D eigenvalue weighted by atomic mass is 35.5. The fourth-order valence-electron chi connectivity index (χ4n) is 3.12. The first-order valence-electron chi connectivity index (χ1n) is 9.65. The van der Waals surface area contributed by atoms with Crippen LogP contribution in [0, 0.1) is 0 Å². The number of hydrogen-bond acceptors (Lipinski definition) is 4. The molecule has 10 heteroatoms. The highest BCUT2D eigenvalue weighted by Crippen LogP contribution is 2.23. The minimum absolute atomic E-state index is 0.0922. The molecule has 164 valence electrons. The first kappa shape index (κ1) is 23.3. The van der Waals surface area contributed by atoms with E-state index in [0.29, 0.717) is 65.6 Å². The topological polar surface area (TPSA) is 81.8 Å². The van der Waals surface area contributed by atoms with E-state index in [1.165, 1.54) is 0 Å². The molecule has 1 fully saturated rings. The average Bonchev–Trinajstić information content (AvgIpc) is 2.77. The first-order chi connectivity index (χ1) is 14.8. The average molecular weight is 484 g/mol. The normalized spacial score (nSPS) is 14.2. The fraction of sp³-hybridized carbons (Fsp3) is 0.286. The maximum Gasteiger partial charge on any atom is 0.313 e. The first-order valence-corrected chi connectivity index (χ1v) is 10.8. The Morgan fingerprint density at radius 1 is 0.839 bits per heavy atom. The summed E-state index contributed by atoms with van der Waals surface area (Å²) in [4.78, 5) is 40.4. The molecule has 1 aliphatic heterocycles. The molecule has 3 rings (SSSR count). The number of amides is 3. The summed E-state index contributed by atoms with van der Waals surface area (Å²) in [6.07, 6.45) is 0. The molecule has 1 heterocycles. The Morgan fingerprint density at radius 2 is 1.52 bits per heavy atom. The zero-order chi connectivity index (χ0) is 22.4. The van der Waals surface area contributed by atoms with Crippen LogP contribution in [0.15, 0.2) is 42.5 Å². The lowest BCUT2D eigenvalue weighted by atomic mass is 10.2. The second-order valence-corrected chi connectivity index (χ2v) is 8.23. The van der Waals surface area contributed by atoms with E-state index >= 15 is 0 Å². The number of carbonyl (C=O) groups excluding carboxylic acids is 3. The maximum absolute atomic E-state index is 12.6. The van der Waals surface area contributed by atoms with Crippen LogP contribution in [-0.4, -0.2) is 66.8 Å². The number of anilines is 1. The SMILES string of the molecule is O=C(NCCN1CCN(C(=O)c2ccc(Cl)c(Cl)c2)CC1)C(=O)Nc1ccc(Cl)cc1. The van der Waals surface area contributed by atoms with Gasteiger partial charge in [-0.2, -0.15) is 0 Å². The Labute approximate surface area is 195 Å². The number of nitrogens with zero attached hydrogens (tertiary/aromatic N) is 2. The van der Waals surface area contributed by atoms with Crippen molar-refractivity contribution in [1.82, 2.24) is 15.1 Å². The van der Waals surface area contributed by atoms with E-state index in [0.717, 1.165) is 0 Å². The van der Waals surface area contributed by atoms with Crippen LogP contribution in [0.2, 0.25) is 15.1 Å². The molecule has 0 saturated carbocycles. The molecule has 1 saturated heterocycles. The second kappa shape index (κ2) is 10.8. The van der Waals surface area contributed by atoms with Crippen molar-refractivity contribution in [3.63, 3.8) is 0 Å². The van der Waals surface area contributed by atoms with Crippen LogP contribution in [0.4, 0.5) is 5.69 Å². The van der Waals surface area contributed by atoms with Gasteiger partial charge in [0.25, 0.3) is 5.91 Å². The van der Waals surface area contributed by atoms with Crippen molar-refractivity contribution < 1.29 is 14.4 Å². The molecule has 0 aromatic heterocycles. The van der Waals surface area contributed by atoms with E-state index < -0.39 is 11.8 Å². The summed E-state index contributed by atoms with van der Waals surface area (Å²) in [5.41, 5.74) is 0.995.